The van der Waals surface area contributed by atoms with Crippen LogP contribution in [-0.2, 0) is 6.42 Å². The van der Waals surface area contributed by atoms with E-state index < -0.39 is 0 Å². The molecule has 1 aromatic heterocycles. The number of halogens is 2. The van der Waals surface area contributed by atoms with Crippen molar-refractivity contribution in [3.63, 3.8) is 0 Å². The van der Waals surface area contributed by atoms with Gasteiger partial charge in [-0.25, -0.2) is 4.99 Å². The minimum atomic E-state index is 0.755. The van der Waals surface area contributed by atoms with Crippen molar-refractivity contribution in [1.82, 2.24) is 9.47 Å². The Morgan fingerprint density at radius 1 is 1.15 bits per heavy atom. The molecule has 5 rings (SSSR count). The van der Waals surface area contributed by atoms with E-state index in [0.29, 0.717) is 0 Å². The predicted octanol–water partition coefficient (Wildman–Crippen LogP) is 4.65. The summed E-state index contributed by atoms with van der Waals surface area (Å²) in [6.45, 7) is 4.17. The van der Waals surface area contributed by atoms with E-state index >= 15 is 0 Å². The number of likely N-dealkylation sites (N-methyl/N-ethyl adjacent to an activating group) is 1. The first-order chi connectivity index (χ1) is 12.6. The van der Waals surface area contributed by atoms with E-state index in [-0.39, 0.29) is 0 Å². The second-order valence-corrected chi connectivity index (χ2v) is 8.36. The maximum Gasteiger partial charge on any atom is 0.115 e. The van der Waals surface area contributed by atoms with Gasteiger partial charge in [-0.1, -0.05) is 17.7 Å². The minimum absolute atomic E-state index is 0.755. The first-order valence-corrected chi connectivity index (χ1v) is 10.2. The van der Waals surface area contributed by atoms with E-state index in [1.807, 2.05) is 0 Å². The van der Waals surface area contributed by atoms with Crippen LogP contribution in [0.2, 0.25) is 5.02 Å². The van der Waals surface area contributed by atoms with Gasteiger partial charge in [-0.2, -0.15) is 0 Å². The zero-order chi connectivity index (χ0) is 17.8. The number of nitrogens with zero attached hydrogens (tertiary/aromatic N) is 4. The number of aliphatic imine (C=N–C) groups is 1. The number of aromatic nitrogens is 1. The van der Waals surface area contributed by atoms with Crippen LogP contribution >= 0.6 is 27.5 Å². The smallest absolute Gasteiger partial charge is 0.115 e. The van der Waals surface area contributed by atoms with Gasteiger partial charge < -0.3 is 14.4 Å². The first kappa shape index (κ1) is 16.6. The summed E-state index contributed by atoms with van der Waals surface area (Å²) in [5.41, 5.74) is 6.81. The van der Waals surface area contributed by atoms with Crippen LogP contribution in [0.3, 0.4) is 0 Å². The summed E-state index contributed by atoms with van der Waals surface area (Å²) in [5, 5.41) is 0.755. The van der Waals surface area contributed by atoms with Crippen LogP contribution in [0.1, 0.15) is 17.7 Å². The molecule has 1 saturated heterocycles. The minimum Gasteiger partial charge on any atom is -0.369 e. The highest BCUT2D eigenvalue weighted by molar-refractivity contribution is 9.18. The molecule has 134 valence electrons. The van der Waals surface area contributed by atoms with Crippen molar-refractivity contribution >= 4 is 49.1 Å². The number of piperazine rings is 1. The summed E-state index contributed by atoms with van der Waals surface area (Å²) in [6.07, 6.45) is 6.52. The van der Waals surface area contributed by atoms with Crippen LogP contribution in [-0.4, -0.2) is 47.3 Å². The molecule has 1 aromatic carbocycles. The highest BCUT2D eigenvalue weighted by Gasteiger charge is 2.27. The lowest BCUT2D eigenvalue weighted by molar-refractivity contribution is 0.313. The van der Waals surface area contributed by atoms with Crippen LogP contribution < -0.4 is 4.90 Å². The third-order valence-corrected chi connectivity index (χ3v) is 6.46. The van der Waals surface area contributed by atoms with Gasteiger partial charge in [0.1, 0.15) is 4.62 Å². The Balaban J connectivity index is 1.67. The van der Waals surface area contributed by atoms with Crippen LogP contribution in [0.25, 0.3) is 11.3 Å². The second-order valence-electron chi connectivity index (χ2n) is 7.20. The summed E-state index contributed by atoms with van der Waals surface area (Å²) in [6, 6.07) is 6.49. The molecule has 0 spiro atoms. The monoisotopic (exact) mass is 430 g/mol. The van der Waals surface area contributed by atoms with E-state index in [1.165, 1.54) is 16.8 Å². The first-order valence-electron chi connectivity index (χ1n) is 9.04. The number of fused-ring (bicyclic) bond motifs is 2. The number of hydrogen-bond acceptors (Lipinski definition) is 3. The fourth-order valence-electron chi connectivity index (χ4n) is 4.12. The van der Waals surface area contributed by atoms with Crippen molar-refractivity contribution < 1.29 is 0 Å². The molecule has 0 bridgehead atoms. The Kier molecular flexibility index (Phi) is 3.99. The molecule has 2 aromatic rings. The highest BCUT2D eigenvalue weighted by atomic mass is 79.9. The van der Waals surface area contributed by atoms with Gasteiger partial charge in [0.15, 0.2) is 0 Å². The van der Waals surface area contributed by atoms with Crippen molar-refractivity contribution in [1.29, 1.82) is 0 Å². The molecule has 2 aliphatic heterocycles. The fraction of sp³-hybridized carbons (Fsp3) is 0.350. The number of benzene rings is 1. The third-order valence-electron chi connectivity index (χ3n) is 5.57. The normalized spacial score (nSPS) is 19.4. The number of rotatable bonds is 1. The van der Waals surface area contributed by atoms with Gasteiger partial charge in [-0.3, -0.25) is 0 Å². The molecule has 4 nitrogen and oxygen atoms in total. The third kappa shape index (κ3) is 2.56. The molecule has 0 amide bonds. The van der Waals surface area contributed by atoms with Crippen LogP contribution in [0.5, 0.6) is 0 Å². The standard InChI is InChI=1S/C20H20BrClN4/c1-24-7-9-25(10-8-24)14-11-16(22)19-17(12-14)23-20(21)15-4-2-3-13-5-6-26(19)18(13)15/h4-6,11-12H,2-3,7-10H2,1H3. The molecule has 0 atom stereocenters. The van der Waals surface area contributed by atoms with E-state index in [4.69, 9.17) is 16.6 Å². The molecule has 6 heteroatoms. The number of aryl methyl sites for hydroxylation is 1. The Morgan fingerprint density at radius 3 is 2.77 bits per heavy atom. The average molecular weight is 432 g/mol. The predicted molar refractivity (Wildman–Crippen MR) is 113 cm³/mol. The SMILES string of the molecule is CN1CCN(c2cc(Cl)c3c(c2)N=C(Br)C2=CCCc4ccn-3c42)CC1. The van der Waals surface area contributed by atoms with Gasteiger partial charge in [0.05, 0.1) is 22.1 Å². The van der Waals surface area contributed by atoms with E-state index in [9.17, 15) is 0 Å². The Bertz CT molecular complexity index is 951. The largest absolute Gasteiger partial charge is 0.369 e. The van der Waals surface area contributed by atoms with Crippen LogP contribution in [0.4, 0.5) is 11.4 Å². The second kappa shape index (κ2) is 6.25. The lowest BCUT2D eigenvalue weighted by atomic mass is 9.98. The van der Waals surface area contributed by atoms with Gasteiger partial charge in [0, 0.05) is 43.6 Å². The number of anilines is 1. The van der Waals surface area contributed by atoms with Crippen molar-refractivity contribution in [2.75, 3.05) is 38.1 Å². The summed E-state index contributed by atoms with van der Waals surface area (Å²) in [5.74, 6) is 0. The quantitative estimate of drug-likeness (QED) is 0.656. The number of hydrogen-bond donors (Lipinski definition) is 0. The molecule has 0 unspecified atom stereocenters. The van der Waals surface area contributed by atoms with E-state index in [2.05, 4.69) is 67.8 Å². The zero-order valence-corrected chi connectivity index (χ0v) is 17.0. The maximum atomic E-state index is 6.80. The molecule has 3 heterocycles. The lowest BCUT2D eigenvalue weighted by Gasteiger charge is -2.34. The van der Waals surface area contributed by atoms with Crippen LogP contribution in [0, 0.1) is 0 Å². The van der Waals surface area contributed by atoms with Gasteiger partial charge >= 0.3 is 0 Å². The fourth-order valence-corrected chi connectivity index (χ4v) is 4.96. The van der Waals surface area contributed by atoms with E-state index in [0.717, 1.165) is 65.7 Å². The molecule has 1 aliphatic carbocycles. The molecule has 26 heavy (non-hydrogen) atoms. The van der Waals surface area contributed by atoms with E-state index in [1.54, 1.807) is 0 Å². The molecule has 0 N–H and O–H groups in total. The van der Waals surface area contributed by atoms with Gasteiger partial charge in [-0.15, -0.1) is 0 Å². The molecule has 0 saturated carbocycles. The number of allylic oxidation sites excluding steroid dienone is 2. The molecule has 3 aliphatic rings. The Hall–Kier alpha value is -1.56. The Labute approximate surface area is 166 Å². The molecular weight excluding hydrogens is 412 g/mol. The Morgan fingerprint density at radius 2 is 1.96 bits per heavy atom. The van der Waals surface area contributed by atoms with Crippen molar-refractivity contribution in [3.8, 4) is 5.69 Å². The lowest BCUT2D eigenvalue weighted by Crippen LogP contribution is -2.44. The molecular formula is C20H20BrClN4. The van der Waals surface area contributed by atoms with Crippen LogP contribution in [0.15, 0.2) is 35.5 Å². The summed E-state index contributed by atoms with van der Waals surface area (Å²) >= 11 is 10.5. The van der Waals surface area contributed by atoms with Crippen molar-refractivity contribution in [2.45, 2.75) is 12.8 Å². The average Bonchev–Trinajstić information content (AvgIpc) is 3.00. The topological polar surface area (TPSA) is 23.8 Å². The summed E-state index contributed by atoms with van der Waals surface area (Å²) in [7, 11) is 2.17. The van der Waals surface area contributed by atoms with Crippen molar-refractivity contribution in [3.05, 3.63) is 46.8 Å². The molecule has 0 radical (unpaired) electrons. The molecule has 1 fully saturated rings. The summed E-state index contributed by atoms with van der Waals surface area (Å²) < 4.78 is 3.10. The highest BCUT2D eigenvalue weighted by Crippen LogP contribution is 2.43. The maximum absolute atomic E-state index is 6.80. The van der Waals surface area contributed by atoms with Gasteiger partial charge in [0.2, 0.25) is 0 Å². The van der Waals surface area contributed by atoms with Crippen molar-refractivity contribution in [2.24, 2.45) is 4.99 Å². The van der Waals surface area contributed by atoms with Gasteiger partial charge in [0.25, 0.3) is 0 Å². The zero-order valence-electron chi connectivity index (χ0n) is 14.7. The van der Waals surface area contributed by atoms with Gasteiger partial charge in [-0.05, 0) is 59.6 Å². The summed E-state index contributed by atoms with van der Waals surface area (Å²) in [4.78, 5) is 9.67.